The van der Waals surface area contributed by atoms with E-state index in [-0.39, 0.29) is 12.2 Å². The molecule has 0 spiro atoms. The molecule has 1 aromatic carbocycles. The highest BCUT2D eigenvalue weighted by Crippen LogP contribution is 2.22. The summed E-state index contributed by atoms with van der Waals surface area (Å²) >= 11 is 9.58. The van der Waals surface area contributed by atoms with Gasteiger partial charge in [0.05, 0.1) is 22.8 Å². The second-order valence-corrected chi connectivity index (χ2v) is 5.77. The summed E-state index contributed by atoms with van der Waals surface area (Å²) < 4.78 is 2.67. The molecule has 19 heavy (non-hydrogen) atoms. The first-order valence-corrected chi connectivity index (χ1v) is 7.04. The molecule has 0 N–H and O–H groups in total. The summed E-state index contributed by atoms with van der Waals surface area (Å²) in [6.07, 6.45) is 0.261. The topological polar surface area (TPSA) is 34.9 Å². The van der Waals surface area contributed by atoms with Crippen molar-refractivity contribution in [3.05, 3.63) is 50.2 Å². The van der Waals surface area contributed by atoms with Gasteiger partial charge in [-0.2, -0.15) is 5.10 Å². The molecule has 0 aliphatic rings. The molecule has 0 aliphatic carbocycles. The first kappa shape index (κ1) is 14.3. The van der Waals surface area contributed by atoms with Crippen LogP contribution in [0.25, 0.3) is 0 Å². The Morgan fingerprint density at radius 1 is 1.42 bits per heavy atom. The Morgan fingerprint density at radius 2 is 2.11 bits per heavy atom. The van der Waals surface area contributed by atoms with Crippen LogP contribution >= 0.6 is 27.5 Å². The maximum Gasteiger partial charge on any atom is 0.168 e. The molecular formula is C14H14BrClN2O. The summed E-state index contributed by atoms with van der Waals surface area (Å²) in [7, 11) is 1.80. The molecule has 0 unspecified atom stereocenters. The van der Waals surface area contributed by atoms with Gasteiger partial charge in [0, 0.05) is 17.1 Å². The standard InChI is InChI=1S/C14H14BrClN2O/c1-8-6-10(4-5-11(8)15)13(19)7-12-14(16)9(2)17-18(12)3/h4-6H,7H2,1-3H3. The van der Waals surface area contributed by atoms with Gasteiger partial charge in [-0.3, -0.25) is 9.48 Å². The lowest BCUT2D eigenvalue weighted by atomic mass is 10.0. The highest BCUT2D eigenvalue weighted by atomic mass is 79.9. The van der Waals surface area contributed by atoms with Crippen molar-refractivity contribution in [2.75, 3.05) is 0 Å². The third-order valence-electron chi connectivity index (χ3n) is 3.07. The van der Waals surface area contributed by atoms with Gasteiger partial charge in [-0.25, -0.2) is 0 Å². The van der Waals surface area contributed by atoms with Gasteiger partial charge in [0.15, 0.2) is 5.78 Å². The van der Waals surface area contributed by atoms with E-state index in [4.69, 9.17) is 11.6 Å². The summed E-state index contributed by atoms with van der Waals surface area (Å²) in [4.78, 5) is 12.3. The van der Waals surface area contributed by atoms with E-state index in [2.05, 4.69) is 21.0 Å². The largest absolute Gasteiger partial charge is 0.294 e. The third-order valence-corrected chi connectivity index (χ3v) is 4.45. The molecule has 0 saturated carbocycles. The van der Waals surface area contributed by atoms with Crippen molar-refractivity contribution in [2.45, 2.75) is 20.3 Å². The van der Waals surface area contributed by atoms with Crippen LogP contribution in [0.5, 0.6) is 0 Å². The lowest BCUT2D eigenvalue weighted by molar-refractivity contribution is 0.0990. The Hall–Kier alpha value is -1.13. The fourth-order valence-corrected chi connectivity index (χ4v) is 2.42. The van der Waals surface area contributed by atoms with E-state index in [1.165, 1.54) is 0 Å². The fourth-order valence-electron chi connectivity index (χ4n) is 1.94. The predicted molar refractivity (Wildman–Crippen MR) is 79.9 cm³/mol. The fraction of sp³-hybridized carbons (Fsp3) is 0.286. The van der Waals surface area contributed by atoms with Gasteiger partial charge in [0.2, 0.25) is 0 Å². The molecule has 5 heteroatoms. The molecule has 2 rings (SSSR count). The molecule has 0 aliphatic heterocycles. The zero-order valence-electron chi connectivity index (χ0n) is 11.0. The number of Topliss-reactive ketones (excluding diaryl/α,β-unsaturated/α-hetero) is 1. The number of rotatable bonds is 3. The van der Waals surface area contributed by atoms with Crippen LogP contribution in [0.15, 0.2) is 22.7 Å². The van der Waals surface area contributed by atoms with Gasteiger partial charge < -0.3 is 0 Å². The molecule has 100 valence electrons. The third kappa shape index (κ3) is 2.90. The number of ketones is 1. The number of hydrogen-bond acceptors (Lipinski definition) is 2. The van der Waals surface area contributed by atoms with Crippen molar-refractivity contribution in [3.8, 4) is 0 Å². The van der Waals surface area contributed by atoms with Crippen LogP contribution in [-0.4, -0.2) is 15.6 Å². The average Bonchev–Trinajstić information content (AvgIpc) is 2.59. The van der Waals surface area contributed by atoms with Crippen LogP contribution in [0.3, 0.4) is 0 Å². The van der Waals surface area contributed by atoms with Gasteiger partial charge in [0.25, 0.3) is 0 Å². The lowest BCUT2D eigenvalue weighted by Gasteiger charge is -2.05. The monoisotopic (exact) mass is 340 g/mol. The van der Waals surface area contributed by atoms with Crippen molar-refractivity contribution in [1.29, 1.82) is 0 Å². The van der Waals surface area contributed by atoms with Crippen molar-refractivity contribution < 1.29 is 4.79 Å². The number of hydrogen-bond donors (Lipinski definition) is 0. The second kappa shape index (κ2) is 5.47. The summed E-state index contributed by atoms with van der Waals surface area (Å²) in [6.45, 7) is 3.79. The number of halogens is 2. The Labute approximate surface area is 125 Å². The maximum atomic E-state index is 12.3. The molecule has 0 radical (unpaired) electrons. The van der Waals surface area contributed by atoms with E-state index >= 15 is 0 Å². The van der Waals surface area contributed by atoms with E-state index in [1.54, 1.807) is 11.7 Å². The van der Waals surface area contributed by atoms with Gasteiger partial charge >= 0.3 is 0 Å². The van der Waals surface area contributed by atoms with Gasteiger partial charge in [0.1, 0.15) is 0 Å². The van der Waals surface area contributed by atoms with Crippen LogP contribution in [0, 0.1) is 13.8 Å². The summed E-state index contributed by atoms with van der Waals surface area (Å²) in [5, 5.41) is 4.79. The molecule has 0 saturated heterocycles. The number of carbonyl (C=O) groups is 1. The molecule has 1 heterocycles. The maximum absolute atomic E-state index is 12.3. The minimum Gasteiger partial charge on any atom is -0.294 e. The number of carbonyl (C=O) groups excluding carboxylic acids is 1. The quantitative estimate of drug-likeness (QED) is 0.794. The molecule has 0 bridgehead atoms. The van der Waals surface area contributed by atoms with Crippen molar-refractivity contribution in [2.24, 2.45) is 7.05 Å². The Bertz CT molecular complexity index is 649. The van der Waals surface area contributed by atoms with Crippen molar-refractivity contribution in [1.82, 2.24) is 9.78 Å². The van der Waals surface area contributed by atoms with Crippen LogP contribution in [0.1, 0.15) is 27.3 Å². The number of benzene rings is 1. The lowest BCUT2D eigenvalue weighted by Crippen LogP contribution is -2.08. The summed E-state index contributed by atoms with van der Waals surface area (Å²) in [5.74, 6) is 0.0421. The SMILES string of the molecule is Cc1cc(C(=O)Cc2c(Cl)c(C)nn2C)ccc1Br. The van der Waals surface area contributed by atoms with Crippen LogP contribution in [0.4, 0.5) is 0 Å². The van der Waals surface area contributed by atoms with Crippen LogP contribution in [-0.2, 0) is 13.5 Å². The smallest absolute Gasteiger partial charge is 0.168 e. The molecule has 3 nitrogen and oxygen atoms in total. The number of aryl methyl sites for hydroxylation is 3. The normalized spacial score (nSPS) is 10.8. The van der Waals surface area contributed by atoms with E-state index in [0.717, 1.165) is 21.4 Å². The first-order valence-electron chi connectivity index (χ1n) is 5.87. The van der Waals surface area contributed by atoms with E-state index < -0.39 is 0 Å². The first-order chi connectivity index (χ1) is 8.90. The number of aromatic nitrogens is 2. The summed E-state index contributed by atoms with van der Waals surface area (Å²) in [6, 6.07) is 5.58. The van der Waals surface area contributed by atoms with Gasteiger partial charge in [-0.05, 0) is 31.5 Å². The van der Waals surface area contributed by atoms with E-state index in [1.807, 2.05) is 32.0 Å². The predicted octanol–water partition coefficient (Wildman–Crippen LogP) is 3.88. The highest BCUT2D eigenvalue weighted by molar-refractivity contribution is 9.10. The molecule has 2 aromatic rings. The minimum absolute atomic E-state index is 0.0421. The molecule has 0 fully saturated rings. The molecule has 0 atom stereocenters. The van der Waals surface area contributed by atoms with Crippen LogP contribution in [0.2, 0.25) is 5.02 Å². The van der Waals surface area contributed by atoms with E-state index in [0.29, 0.717) is 10.6 Å². The van der Waals surface area contributed by atoms with Gasteiger partial charge in [-0.1, -0.05) is 33.6 Å². The number of nitrogens with zero attached hydrogens (tertiary/aromatic N) is 2. The Morgan fingerprint density at radius 3 is 2.63 bits per heavy atom. The zero-order valence-corrected chi connectivity index (χ0v) is 13.3. The van der Waals surface area contributed by atoms with Gasteiger partial charge in [-0.15, -0.1) is 0 Å². The van der Waals surface area contributed by atoms with Crippen molar-refractivity contribution in [3.63, 3.8) is 0 Å². The molecule has 0 amide bonds. The Kier molecular flexibility index (Phi) is 4.11. The molecular weight excluding hydrogens is 328 g/mol. The van der Waals surface area contributed by atoms with Crippen LogP contribution < -0.4 is 0 Å². The van der Waals surface area contributed by atoms with Crippen molar-refractivity contribution >= 4 is 33.3 Å². The summed E-state index contributed by atoms with van der Waals surface area (Å²) in [5.41, 5.74) is 3.23. The van der Waals surface area contributed by atoms with E-state index in [9.17, 15) is 4.79 Å². The zero-order chi connectivity index (χ0) is 14.2. The Balaban J connectivity index is 2.28. The average molecular weight is 342 g/mol. The second-order valence-electron chi connectivity index (χ2n) is 4.53. The minimum atomic E-state index is 0.0421. The molecule has 1 aromatic heterocycles. The highest BCUT2D eigenvalue weighted by Gasteiger charge is 2.16.